The standard InChI is InChI=1S/C27H37N3O4/c1-3-15-32-20-23(31)17-29(18-24-13-9-16-33-24)19-25-26(22-11-5-4-6-12-22)28-34-27(25)30-14-8-7-10-21(30)2/h1,4-6,11-12,21,23-24,31H,7-10,13-20H2,2H3/t21-,23+,24+/m0/s1. The fraction of sp³-hybridized carbons (Fsp3) is 0.593. The third kappa shape index (κ3) is 6.39. The Kier molecular flexibility index (Phi) is 9.00. The Morgan fingerprint density at radius 3 is 2.85 bits per heavy atom. The normalized spacial score (nSPS) is 21.6. The molecule has 2 aliphatic heterocycles. The van der Waals surface area contributed by atoms with Crippen molar-refractivity contribution in [3.8, 4) is 23.6 Å². The van der Waals surface area contributed by atoms with Gasteiger partial charge >= 0.3 is 0 Å². The SMILES string of the molecule is C#CCOC[C@H](O)CN(Cc1c(-c2ccccc2)noc1N1CCCC[C@@H]1C)C[C@H]1CCCO1. The van der Waals surface area contributed by atoms with E-state index in [0.717, 1.165) is 68.1 Å². The number of aromatic nitrogens is 1. The van der Waals surface area contributed by atoms with Gasteiger partial charge in [-0.3, -0.25) is 4.90 Å². The minimum atomic E-state index is -0.646. The first-order chi connectivity index (χ1) is 16.7. The van der Waals surface area contributed by atoms with Crippen molar-refractivity contribution in [3.05, 3.63) is 35.9 Å². The molecule has 34 heavy (non-hydrogen) atoms. The lowest BCUT2D eigenvalue weighted by atomic mass is 10.0. The van der Waals surface area contributed by atoms with Gasteiger partial charge in [-0.15, -0.1) is 6.42 Å². The van der Waals surface area contributed by atoms with E-state index in [0.29, 0.717) is 19.1 Å². The van der Waals surface area contributed by atoms with Crippen LogP contribution in [0.25, 0.3) is 11.3 Å². The highest BCUT2D eigenvalue weighted by atomic mass is 16.5. The number of hydrogen-bond acceptors (Lipinski definition) is 7. The summed E-state index contributed by atoms with van der Waals surface area (Å²) in [5.41, 5.74) is 2.96. The highest BCUT2D eigenvalue weighted by molar-refractivity contribution is 5.68. The van der Waals surface area contributed by atoms with E-state index in [1.54, 1.807) is 0 Å². The Balaban J connectivity index is 1.61. The largest absolute Gasteiger partial charge is 0.389 e. The van der Waals surface area contributed by atoms with Crippen molar-refractivity contribution in [3.63, 3.8) is 0 Å². The Hall–Kier alpha value is -2.37. The minimum absolute atomic E-state index is 0.163. The molecule has 0 unspecified atom stereocenters. The van der Waals surface area contributed by atoms with Crippen molar-refractivity contribution in [2.75, 3.05) is 44.4 Å². The summed E-state index contributed by atoms with van der Waals surface area (Å²) in [4.78, 5) is 4.60. The Morgan fingerprint density at radius 2 is 2.12 bits per heavy atom. The first-order valence-electron chi connectivity index (χ1n) is 12.5. The zero-order chi connectivity index (χ0) is 23.8. The summed E-state index contributed by atoms with van der Waals surface area (Å²) in [6, 6.07) is 10.6. The van der Waals surface area contributed by atoms with Crippen molar-refractivity contribution in [1.82, 2.24) is 10.1 Å². The van der Waals surface area contributed by atoms with E-state index in [1.165, 1.54) is 6.42 Å². The second-order valence-electron chi connectivity index (χ2n) is 9.42. The third-order valence-corrected chi connectivity index (χ3v) is 6.71. The lowest BCUT2D eigenvalue weighted by molar-refractivity contribution is 0.00957. The van der Waals surface area contributed by atoms with Gasteiger partial charge in [0, 0.05) is 44.4 Å². The number of nitrogens with zero attached hydrogens (tertiary/aromatic N) is 3. The fourth-order valence-corrected chi connectivity index (χ4v) is 5.00. The van der Waals surface area contributed by atoms with Crippen molar-refractivity contribution in [2.45, 2.75) is 63.8 Å². The summed E-state index contributed by atoms with van der Waals surface area (Å²) in [5, 5.41) is 15.2. The zero-order valence-corrected chi connectivity index (χ0v) is 20.2. The summed E-state index contributed by atoms with van der Waals surface area (Å²) in [5.74, 6) is 3.30. The molecule has 0 radical (unpaired) electrons. The van der Waals surface area contributed by atoms with Gasteiger partial charge < -0.3 is 24.0 Å². The second-order valence-corrected chi connectivity index (χ2v) is 9.42. The van der Waals surface area contributed by atoms with E-state index < -0.39 is 6.10 Å². The zero-order valence-electron chi connectivity index (χ0n) is 20.2. The van der Waals surface area contributed by atoms with E-state index in [-0.39, 0.29) is 19.3 Å². The highest BCUT2D eigenvalue weighted by Crippen LogP contribution is 2.35. The molecule has 3 heterocycles. The lowest BCUT2D eigenvalue weighted by Crippen LogP contribution is -2.40. The van der Waals surface area contributed by atoms with Gasteiger partial charge in [-0.1, -0.05) is 41.4 Å². The van der Waals surface area contributed by atoms with Crippen LogP contribution in [0.2, 0.25) is 0 Å². The summed E-state index contributed by atoms with van der Waals surface area (Å²) in [6.07, 6.45) is 10.4. The summed E-state index contributed by atoms with van der Waals surface area (Å²) >= 11 is 0. The molecule has 2 fully saturated rings. The minimum Gasteiger partial charge on any atom is -0.389 e. The van der Waals surface area contributed by atoms with E-state index >= 15 is 0 Å². The molecule has 0 spiro atoms. The molecular formula is C27H37N3O4. The number of hydrogen-bond donors (Lipinski definition) is 1. The van der Waals surface area contributed by atoms with E-state index in [2.05, 4.69) is 39.9 Å². The van der Waals surface area contributed by atoms with Crippen LogP contribution in [0, 0.1) is 12.3 Å². The number of benzene rings is 1. The molecule has 0 aliphatic carbocycles. The number of anilines is 1. The number of terminal acetylenes is 1. The second kappa shape index (κ2) is 12.4. The van der Waals surface area contributed by atoms with Crippen LogP contribution in [0.5, 0.6) is 0 Å². The molecule has 0 saturated carbocycles. The molecule has 1 N–H and O–H groups in total. The van der Waals surface area contributed by atoms with Crippen LogP contribution in [0.1, 0.15) is 44.6 Å². The van der Waals surface area contributed by atoms with Gasteiger partial charge in [-0.25, -0.2) is 0 Å². The van der Waals surface area contributed by atoms with Gasteiger partial charge in [-0.2, -0.15) is 0 Å². The smallest absolute Gasteiger partial charge is 0.232 e. The molecule has 1 aromatic carbocycles. The maximum Gasteiger partial charge on any atom is 0.232 e. The van der Waals surface area contributed by atoms with Gasteiger partial charge in [0.25, 0.3) is 0 Å². The van der Waals surface area contributed by atoms with Crippen molar-refractivity contribution < 1.29 is 19.1 Å². The molecule has 4 rings (SSSR count). The average Bonchev–Trinajstić information content (AvgIpc) is 3.50. The molecule has 184 valence electrons. The first-order valence-corrected chi connectivity index (χ1v) is 12.5. The summed E-state index contributed by atoms with van der Waals surface area (Å²) in [7, 11) is 0. The maximum absolute atomic E-state index is 10.7. The molecule has 2 aromatic rings. The molecule has 7 heteroatoms. The fourth-order valence-electron chi connectivity index (χ4n) is 5.00. The predicted molar refractivity (Wildman–Crippen MR) is 133 cm³/mol. The molecule has 0 bridgehead atoms. The Labute approximate surface area is 203 Å². The number of aliphatic hydroxyl groups is 1. The summed E-state index contributed by atoms with van der Waals surface area (Å²) in [6.45, 7) is 6.22. The molecule has 3 atom stereocenters. The number of aliphatic hydroxyl groups excluding tert-OH is 1. The molecule has 0 amide bonds. The Morgan fingerprint density at radius 1 is 1.26 bits per heavy atom. The topological polar surface area (TPSA) is 71.2 Å². The van der Waals surface area contributed by atoms with Crippen molar-refractivity contribution in [1.29, 1.82) is 0 Å². The lowest BCUT2D eigenvalue weighted by Gasteiger charge is -2.34. The molecular weight excluding hydrogens is 430 g/mol. The van der Waals surface area contributed by atoms with Gasteiger partial charge in [0.05, 0.1) is 24.4 Å². The van der Waals surface area contributed by atoms with Crippen LogP contribution in [-0.2, 0) is 16.0 Å². The van der Waals surface area contributed by atoms with Crippen LogP contribution in [0.4, 0.5) is 5.88 Å². The van der Waals surface area contributed by atoms with Crippen LogP contribution in [0.3, 0.4) is 0 Å². The number of piperidine rings is 1. The molecule has 2 saturated heterocycles. The number of rotatable bonds is 11. The van der Waals surface area contributed by atoms with Gasteiger partial charge in [0.1, 0.15) is 12.3 Å². The van der Waals surface area contributed by atoms with Gasteiger partial charge in [0.2, 0.25) is 5.88 Å². The predicted octanol–water partition coefficient (Wildman–Crippen LogP) is 3.71. The highest BCUT2D eigenvalue weighted by Gasteiger charge is 2.30. The quantitative estimate of drug-likeness (QED) is 0.399. The van der Waals surface area contributed by atoms with Crippen LogP contribution in [0.15, 0.2) is 34.9 Å². The summed E-state index contributed by atoms with van der Waals surface area (Å²) < 4.78 is 17.3. The maximum atomic E-state index is 10.7. The van der Waals surface area contributed by atoms with Gasteiger partial charge in [0.15, 0.2) is 0 Å². The van der Waals surface area contributed by atoms with Crippen LogP contribution < -0.4 is 4.90 Å². The molecule has 2 aliphatic rings. The van der Waals surface area contributed by atoms with Crippen molar-refractivity contribution >= 4 is 5.88 Å². The monoisotopic (exact) mass is 467 g/mol. The molecule has 1 aromatic heterocycles. The van der Waals surface area contributed by atoms with Crippen molar-refractivity contribution in [2.24, 2.45) is 0 Å². The first kappa shape index (κ1) is 24.7. The molecule has 7 nitrogen and oxygen atoms in total. The van der Waals surface area contributed by atoms with E-state index in [1.807, 2.05) is 18.2 Å². The average molecular weight is 468 g/mol. The van der Waals surface area contributed by atoms with E-state index in [9.17, 15) is 5.11 Å². The number of ether oxygens (including phenoxy) is 2. The third-order valence-electron chi connectivity index (χ3n) is 6.71. The van der Waals surface area contributed by atoms with Crippen LogP contribution >= 0.6 is 0 Å². The van der Waals surface area contributed by atoms with Crippen LogP contribution in [-0.4, -0.2) is 72.9 Å². The van der Waals surface area contributed by atoms with E-state index in [4.69, 9.17) is 20.4 Å². The van der Waals surface area contributed by atoms with Gasteiger partial charge in [-0.05, 0) is 39.0 Å². The Bertz CT molecular complexity index is 920.